The zero-order valence-corrected chi connectivity index (χ0v) is 21.2. The maximum absolute atomic E-state index is 12.7. The zero-order chi connectivity index (χ0) is 24.1. The number of anilines is 1. The Bertz CT molecular complexity index is 1350. The molecule has 0 unspecified atom stereocenters. The van der Waals surface area contributed by atoms with Gasteiger partial charge in [0, 0.05) is 22.5 Å². The van der Waals surface area contributed by atoms with Crippen LogP contribution in [0.2, 0.25) is 5.02 Å². The van der Waals surface area contributed by atoms with Crippen molar-refractivity contribution in [1.29, 1.82) is 0 Å². The summed E-state index contributed by atoms with van der Waals surface area (Å²) in [6.45, 7) is 4.19. The number of benzene rings is 3. The Labute approximate surface area is 211 Å². The third-order valence-electron chi connectivity index (χ3n) is 5.28. The number of para-hydroxylation sites is 1. The normalized spacial score (nSPS) is 11.4. The fourth-order valence-corrected chi connectivity index (χ4v) is 5.60. The number of hydrogen-bond donors (Lipinski definition) is 2. The molecule has 5 nitrogen and oxygen atoms in total. The highest BCUT2D eigenvalue weighted by Crippen LogP contribution is 2.32. The number of fused-ring (bicyclic) bond motifs is 1. The lowest BCUT2D eigenvalue weighted by molar-refractivity contribution is -0.113. The molecule has 0 saturated heterocycles. The molecule has 1 amide bonds. The minimum Gasteiger partial charge on any atom is -0.507 e. The van der Waals surface area contributed by atoms with Crippen LogP contribution in [0, 0.1) is 0 Å². The molecular formula is C26H24ClN3O2S2. The number of carbonyl (C=O) groups excluding carboxylic acids is 1. The highest BCUT2D eigenvalue weighted by molar-refractivity contribution is 8.01. The Hall–Kier alpha value is -2.87. The van der Waals surface area contributed by atoms with Crippen molar-refractivity contribution in [3.05, 3.63) is 76.3 Å². The SMILES string of the molecule is CCc1cccc(CC)c1NC(=O)CSc1nc2ccc(N=Cc3cc(Cl)ccc3O)cc2s1. The zero-order valence-electron chi connectivity index (χ0n) is 18.8. The second-order valence-electron chi connectivity index (χ2n) is 7.59. The summed E-state index contributed by atoms with van der Waals surface area (Å²) in [6, 6.07) is 16.7. The number of hydrogen-bond acceptors (Lipinski definition) is 6. The van der Waals surface area contributed by atoms with Gasteiger partial charge >= 0.3 is 0 Å². The van der Waals surface area contributed by atoms with E-state index < -0.39 is 0 Å². The number of thiazole rings is 1. The fraction of sp³-hybridized carbons (Fsp3) is 0.192. The highest BCUT2D eigenvalue weighted by Gasteiger charge is 2.12. The van der Waals surface area contributed by atoms with E-state index in [1.54, 1.807) is 24.4 Å². The van der Waals surface area contributed by atoms with Crippen molar-refractivity contribution in [3.63, 3.8) is 0 Å². The van der Waals surface area contributed by atoms with E-state index in [9.17, 15) is 9.90 Å². The predicted molar refractivity (Wildman–Crippen MR) is 145 cm³/mol. The number of halogens is 1. The topological polar surface area (TPSA) is 74.6 Å². The molecule has 0 aliphatic rings. The van der Waals surface area contributed by atoms with Crippen LogP contribution in [0.15, 0.2) is 63.9 Å². The van der Waals surface area contributed by atoms with Crippen LogP contribution in [-0.2, 0) is 17.6 Å². The van der Waals surface area contributed by atoms with Crippen molar-refractivity contribution in [3.8, 4) is 5.75 Å². The molecule has 4 aromatic rings. The van der Waals surface area contributed by atoms with Gasteiger partial charge in [0.2, 0.25) is 5.91 Å². The molecule has 2 N–H and O–H groups in total. The summed E-state index contributed by atoms with van der Waals surface area (Å²) in [5, 5.41) is 13.6. The van der Waals surface area contributed by atoms with Crippen LogP contribution in [0.5, 0.6) is 5.75 Å². The third kappa shape index (κ3) is 5.78. The number of phenolic OH excluding ortho intramolecular Hbond substituents is 1. The number of nitrogens with zero attached hydrogens (tertiary/aromatic N) is 2. The van der Waals surface area contributed by atoms with Crippen LogP contribution in [0.1, 0.15) is 30.5 Å². The molecule has 8 heteroatoms. The van der Waals surface area contributed by atoms with Crippen molar-refractivity contribution in [1.82, 2.24) is 4.98 Å². The van der Waals surface area contributed by atoms with Crippen LogP contribution in [-0.4, -0.2) is 28.0 Å². The van der Waals surface area contributed by atoms with Gasteiger partial charge in [0.1, 0.15) is 5.75 Å². The predicted octanol–water partition coefficient (Wildman–Crippen LogP) is 7.26. The summed E-state index contributed by atoms with van der Waals surface area (Å²) in [6.07, 6.45) is 3.33. The van der Waals surface area contributed by atoms with Gasteiger partial charge < -0.3 is 10.4 Å². The van der Waals surface area contributed by atoms with Crippen LogP contribution < -0.4 is 5.32 Å². The average molecular weight is 510 g/mol. The molecule has 1 aromatic heterocycles. The van der Waals surface area contributed by atoms with Gasteiger partial charge in [0.05, 0.1) is 21.7 Å². The van der Waals surface area contributed by atoms with Crippen molar-refractivity contribution in [2.45, 2.75) is 31.0 Å². The standard InChI is InChI=1S/C26H24ClN3O2S2/c1-3-16-6-5-7-17(4-2)25(16)30-24(32)15-33-26-29-21-10-9-20(13-23(21)34-26)28-14-18-12-19(27)8-11-22(18)31/h5-14,31H,3-4,15H2,1-2H3,(H,30,32). The van der Waals surface area contributed by atoms with E-state index in [1.807, 2.05) is 24.3 Å². The van der Waals surface area contributed by atoms with E-state index >= 15 is 0 Å². The Morgan fingerprint density at radius 3 is 2.65 bits per heavy atom. The molecule has 34 heavy (non-hydrogen) atoms. The Morgan fingerprint density at radius 1 is 1.15 bits per heavy atom. The summed E-state index contributed by atoms with van der Waals surface area (Å²) in [5.41, 5.74) is 5.40. The number of amides is 1. The van der Waals surface area contributed by atoms with Gasteiger partial charge in [-0.3, -0.25) is 9.79 Å². The largest absolute Gasteiger partial charge is 0.507 e. The lowest BCUT2D eigenvalue weighted by Crippen LogP contribution is -2.16. The van der Waals surface area contributed by atoms with Gasteiger partial charge in [-0.05, 0) is 60.4 Å². The molecule has 0 saturated carbocycles. The molecule has 0 atom stereocenters. The van der Waals surface area contributed by atoms with Crippen LogP contribution in [0.3, 0.4) is 0 Å². The number of aromatic nitrogens is 1. The number of aliphatic imine (C=N–C) groups is 1. The highest BCUT2D eigenvalue weighted by atomic mass is 35.5. The molecule has 174 valence electrons. The molecule has 4 rings (SSSR count). The molecule has 0 fully saturated rings. The second kappa shape index (κ2) is 11.0. The van der Waals surface area contributed by atoms with Crippen LogP contribution >= 0.6 is 34.7 Å². The molecule has 0 spiro atoms. The first-order valence-corrected chi connectivity index (χ1v) is 13.1. The average Bonchev–Trinajstić information content (AvgIpc) is 3.25. The monoisotopic (exact) mass is 509 g/mol. The van der Waals surface area contributed by atoms with E-state index in [0.717, 1.165) is 49.9 Å². The number of rotatable bonds is 8. The van der Waals surface area contributed by atoms with Crippen molar-refractivity contribution in [2.75, 3.05) is 11.1 Å². The number of phenols is 1. The molecule has 3 aromatic carbocycles. The molecule has 0 bridgehead atoms. The molecule has 0 aliphatic heterocycles. The van der Waals surface area contributed by atoms with Gasteiger partial charge in [0.25, 0.3) is 0 Å². The first-order chi connectivity index (χ1) is 16.5. The fourth-order valence-electron chi connectivity index (χ4n) is 3.51. The second-order valence-corrected chi connectivity index (χ2v) is 10.3. The quantitative estimate of drug-likeness (QED) is 0.193. The van der Waals surface area contributed by atoms with Gasteiger partial charge in [-0.25, -0.2) is 4.98 Å². The van der Waals surface area contributed by atoms with Gasteiger partial charge in [-0.2, -0.15) is 0 Å². The summed E-state index contributed by atoms with van der Waals surface area (Å²) in [5.74, 6) is 0.378. The Kier molecular flexibility index (Phi) is 7.88. The van der Waals surface area contributed by atoms with E-state index in [0.29, 0.717) is 16.3 Å². The Balaban J connectivity index is 1.43. The molecule has 0 radical (unpaired) electrons. The minimum atomic E-state index is -0.0357. The van der Waals surface area contributed by atoms with Crippen molar-refractivity contribution < 1.29 is 9.90 Å². The minimum absolute atomic E-state index is 0.0357. The van der Waals surface area contributed by atoms with Crippen molar-refractivity contribution >= 4 is 68.4 Å². The van der Waals surface area contributed by atoms with Gasteiger partial charge in [-0.1, -0.05) is 55.4 Å². The molecule has 0 aliphatic carbocycles. The van der Waals surface area contributed by atoms with E-state index in [4.69, 9.17) is 11.6 Å². The number of thioether (sulfide) groups is 1. The van der Waals surface area contributed by atoms with E-state index in [1.165, 1.54) is 23.1 Å². The van der Waals surface area contributed by atoms with Crippen molar-refractivity contribution in [2.24, 2.45) is 4.99 Å². The lowest BCUT2D eigenvalue weighted by Gasteiger charge is -2.14. The first-order valence-electron chi connectivity index (χ1n) is 10.9. The maximum atomic E-state index is 12.7. The maximum Gasteiger partial charge on any atom is 0.234 e. The molecule has 1 heterocycles. The van der Waals surface area contributed by atoms with Crippen LogP contribution in [0.4, 0.5) is 11.4 Å². The van der Waals surface area contributed by atoms with Gasteiger partial charge in [0.15, 0.2) is 4.34 Å². The molecular weight excluding hydrogens is 486 g/mol. The van der Waals surface area contributed by atoms with E-state index in [2.05, 4.69) is 41.3 Å². The van der Waals surface area contributed by atoms with Gasteiger partial charge in [-0.15, -0.1) is 11.3 Å². The summed E-state index contributed by atoms with van der Waals surface area (Å²) < 4.78 is 1.82. The lowest BCUT2D eigenvalue weighted by atomic mass is 10.0. The smallest absolute Gasteiger partial charge is 0.234 e. The summed E-state index contributed by atoms with van der Waals surface area (Å²) in [4.78, 5) is 21.8. The first kappa shape index (κ1) is 24.3. The summed E-state index contributed by atoms with van der Waals surface area (Å²) in [7, 11) is 0. The van der Waals surface area contributed by atoms with Crippen LogP contribution in [0.25, 0.3) is 10.2 Å². The van der Waals surface area contributed by atoms with E-state index in [-0.39, 0.29) is 11.7 Å². The Morgan fingerprint density at radius 2 is 1.91 bits per heavy atom. The number of carbonyl (C=O) groups is 1. The number of aryl methyl sites for hydroxylation is 2. The number of aromatic hydroxyl groups is 1. The summed E-state index contributed by atoms with van der Waals surface area (Å²) >= 11 is 8.96. The third-order valence-corrected chi connectivity index (χ3v) is 7.68. The number of nitrogens with one attached hydrogen (secondary N) is 1.